The lowest BCUT2D eigenvalue weighted by atomic mass is 9.89. The molecule has 10 heteroatoms. The zero-order valence-electron chi connectivity index (χ0n) is 21.1. The van der Waals surface area contributed by atoms with Gasteiger partial charge in [-0.25, -0.2) is 9.29 Å². The van der Waals surface area contributed by atoms with Crippen molar-refractivity contribution in [1.29, 1.82) is 0 Å². The predicted molar refractivity (Wildman–Crippen MR) is 143 cm³/mol. The average molecular weight is 531 g/mol. The van der Waals surface area contributed by atoms with Crippen LogP contribution in [0.3, 0.4) is 0 Å². The normalized spacial score (nSPS) is 29.5. The van der Waals surface area contributed by atoms with E-state index < -0.39 is 33.8 Å². The Morgan fingerprint density at radius 2 is 2.00 bits per heavy atom. The lowest BCUT2D eigenvalue weighted by Gasteiger charge is -2.36. The van der Waals surface area contributed by atoms with Crippen molar-refractivity contribution in [2.24, 2.45) is 0 Å². The number of nitrogens with one attached hydrogen (secondary N) is 1. The number of ketones is 1. The first kappa shape index (κ1) is 25.3. The van der Waals surface area contributed by atoms with Crippen LogP contribution in [0.15, 0.2) is 41.5 Å². The molecular formula is C26H34N4O4S2. The molecule has 0 bridgehead atoms. The molecule has 36 heavy (non-hydrogen) atoms. The van der Waals surface area contributed by atoms with Gasteiger partial charge in [0.15, 0.2) is 5.78 Å². The fourth-order valence-electron chi connectivity index (χ4n) is 5.72. The average Bonchev–Trinajstić information content (AvgIpc) is 3.60. The van der Waals surface area contributed by atoms with Gasteiger partial charge in [0.05, 0.1) is 34.3 Å². The van der Waals surface area contributed by atoms with Crippen LogP contribution >= 0.6 is 11.3 Å². The molecule has 194 valence electrons. The zero-order chi connectivity index (χ0) is 25.8. The Morgan fingerprint density at radius 3 is 2.64 bits per heavy atom. The highest BCUT2D eigenvalue weighted by Crippen LogP contribution is 2.36. The van der Waals surface area contributed by atoms with E-state index >= 15 is 0 Å². The summed E-state index contributed by atoms with van der Waals surface area (Å²) in [5.74, 6) is -0.201. The second-order valence-corrected chi connectivity index (χ2v) is 14.5. The van der Waals surface area contributed by atoms with Gasteiger partial charge in [0.25, 0.3) is 0 Å². The number of nitrogens with zero attached hydrogens (tertiary/aromatic N) is 3. The Kier molecular flexibility index (Phi) is 6.43. The van der Waals surface area contributed by atoms with Crippen LogP contribution < -0.4 is 5.32 Å². The van der Waals surface area contributed by atoms with Crippen LogP contribution in [-0.2, 0) is 25.2 Å². The van der Waals surface area contributed by atoms with Crippen LogP contribution in [0.1, 0.15) is 37.4 Å². The fraction of sp³-hybridized carbons (Fsp3) is 0.500. The van der Waals surface area contributed by atoms with Crippen molar-refractivity contribution in [2.45, 2.75) is 56.8 Å². The quantitative estimate of drug-likeness (QED) is 0.511. The molecule has 0 unspecified atom stereocenters. The molecule has 4 atom stereocenters. The van der Waals surface area contributed by atoms with Crippen molar-refractivity contribution < 1.29 is 18.9 Å². The number of hydrogen-bond donors (Lipinski definition) is 3. The van der Waals surface area contributed by atoms with Crippen molar-refractivity contribution in [2.75, 3.05) is 25.6 Å². The van der Waals surface area contributed by atoms with E-state index in [1.165, 1.54) is 0 Å². The Labute approximate surface area is 217 Å². The summed E-state index contributed by atoms with van der Waals surface area (Å²) >= 11 is 1.59. The number of aromatic nitrogens is 1. The molecule has 0 aliphatic carbocycles. The summed E-state index contributed by atoms with van der Waals surface area (Å²) in [5, 5.41) is 13.9. The number of likely N-dealkylation sites (tertiary alicyclic amines) is 1. The summed E-state index contributed by atoms with van der Waals surface area (Å²) in [6.07, 6.45) is 6.14. The van der Waals surface area contributed by atoms with E-state index in [-0.39, 0.29) is 18.2 Å². The van der Waals surface area contributed by atoms with Crippen molar-refractivity contribution in [3.05, 3.63) is 52.8 Å². The summed E-state index contributed by atoms with van der Waals surface area (Å²) in [7, 11) is -2.58. The molecule has 2 N–H and O–H groups in total. The van der Waals surface area contributed by atoms with Gasteiger partial charge in [0.1, 0.15) is 5.54 Å². The predicted octanol–water partition coefficient (Wildman–Crippen LogP) is 2.01. The summed E-state index contributed by atoms with van der Waals surface area (Å²) in [5.41, 5.74) is 4.39. The van der Waals surface area contributed by atoms with Gasteiger partial charge in [-0.1, -0.05) is 34.4 Å². The molecule has 2 aromatic rings. The number of thiol groups is 1. The summed E-state index contributed by atoms with van der Waals surface area (Å²) in [6, 6.07) is 7.05. The van der Waals surface area contributed by atoms with E-state index in [4.69, 9.17) is 0 Å². The van der Waals surface area contributed by atoms with Gasteiger partial charge in [-0.3, -0.25) is 13.8 Å². The van der Waals surface area contributed by atoms with E-state index in [9.17, 15) is 18.9 Å². The van der Waals surface area contributed by atoms with Crippen LogP contribution in [0, 0.1) is 6.92 Å². The molecule has 8 nitrogen and oxygen atoms in total. The Hall–Kier alpha value is -2.40. The SMILES string of the molecule is Cc1ncsc1-c1ccc([C@]2(C)NC([C@@H]3C[C@@H](O)CN3C(=O)[C@@H]3CCCN3[SH](C)(C)=O)=CC2=O)cc1. The number of aliphatic hydroxyl groups excluding tert-OH is 1. The number of carbonyl (C=O) groups excluding carboxylic acids is 2. The number of aliphatic hydroxyl groups is 1. The molecule has 3 aliphatic heterocycles. The minimum Gasteiger partial charge on any atom is -0.391 e. The van der Waals surface area contributed by atoms with Crippen LogP contribution in [0.25, 0.3) is 10.4 Å². The number of aryl methyl sites for hydroxylation is 1. The highest BCUT2D eigenvalue weighted by atomic mass is 32.3. The number of thiazole rings is 1. The fourth-order valence-corrected chi connectivity index (χ4v) is 8.04. The third-order valence-electron chi connectivity index (χ3n) is 7.69. The van der Waals surface area contributed by atoms with E-state index in [2.05, 4.69) is 10.3 Å². The smallest absolute Gasteiger partial charge is 0.241 e. The summed E-state index contributed by atoms with van der Waals surface area (Å²) in [4.78, 5) is 34.0. The molecule has 1 amide bonds. The number of benzene rings is 1. The van der Waals surface area contributed by atoms with Crippen LogP contribution in [0.4, 0.5) is 0 Å². The van der Waals surface area contributed by atoms with E-state index in [0.29, 0.717) is 25.1 Å². The van der Waals surface area contributed by atoms with Crippen LogP contribution in [0.2, 0.25) is 0 Å². The molecule has 3 aliphatic rings. The van der Waals surface area contributed by atoms with Gasteiger partial charge in [0.2, 0.25) is 5.91 Å². The van der Waals surface area contributed by atoms with E-state index in [0.717, 1.165) is 28.1 Å². The maximum Gasteiger partial charge on any atom is 0.241 e. The zero-order valence-corrected chi connectivity index (χ0v) is 22.8. The Bertz CT molecular complexity index is 1270. The second-order valence-electron chi connectivity index (χ2n) is 10.6. The topological polar surface area (TPSA) is 103 Å². The lowest BCUT2D eigenvalue weighted by Crippen LogP contribution is -2.52. The van der Waals surface area contributed by atoms with Crippen molar-refractivity contribution in [3.63, 3.8) is 0 Å². The van der Waals surface area contributed by atoms with Crippen LogP contribution in [0.5, 0.6) is 0 Å². The molecule has 0 spiro atoms. The second kappa shape index (κ2) is 9.16. The standard InChI is InChI=1S/C26H34N4O4S2/c1-16-24(35-15-27-16)17-7-9-18(10-8-17)26(2)23(32)13-20(28-26)22-12-19(31)14-29(22)25(33)21-6-5-11-30(21)36(3,4)34/h7-10,13,15,19,21-22,28,31,36H,5-6,11-12,14H2,1-4H3/t19-,21+,22+,26+/m1/s1. The van der Waals surface area contributed by atoms with Gasteiger partial charge < -0.3 is 15.3 Å². The minimum atomic E-state index is -2.58. The molecular weight excluding hydrogens is 496 g/mol. The van der Waals surface area contributed by atoms with E-state index in [1.807, 2.05) is 47.9 Å². The maximum absolute atomic E-state index is 13.6. The van der Waals surface area contributed by atoms with Crippen molar-refractivity contribution >= 4 is 33.1 Å². The molecule has 4 heterocycles. The number of hydrogen-bond acceptors (Lipinski definition) is 7. The molecule has 1 aromatic carbocycles. The minimum absolute atomic E-state index is 0.0814. The highest BCUT2D eigenvalue weighted by Gasteiger charge is 2.47. The van der Waals surface area contributed by atoms with Crippen molar-refractivity contribution in [1.82, 2.24) is 19.5 Å². The lowest BCUT2D eigenvalue weighted by molar-refractivity contribution is -0.135. The van der Waals surface area contributed by atoms with Gasteiger partial charge in [-0.15, -0.1) is 11.3 Å². The van der Waals surface area contributed by atoms with E-state index in [1.54, 1.807) is 34.8 Å². The Morgan fingerprint density at radius 1 is 1.28 bits per heavy atom. The Balaban J connectivity index is 1.37. The maximum atomic E-state index is 13.6. The molecule has 1 aromatic heterocycles. The molecule has 0 radical (unpaired) electrons. The van der Waals surface area contributed by atoms with Gasteiger partial charge in [-0.2, -0.15) is 0 Å². The first-order valence-corrected chi connectivity index (χ1v) is 15.8. The van der Waals surface area contributed by atoms with Crippen LogP contribution in [-0.4, -0.2) is 79.0 Å². The third-order valence-corrected chi connectivity index (χ3v) is 10.4. The number of amides is 1. The monoisotopic (exact) mass is 530 g/mol. The third kappa shape index (κ3) is 4.34. The van der Waals surface area contributed by atoms with Gasteiger partial charge in [0, 0.05) is 43.8 Å². The molecule has 2 fully saturated rings. The summed E-state index contributed by atoms with van der Waals surface area (Å²) < 4.78 is 14.6. The number of carbonyl (C=O) groups is 2. The first-order chi connectivity index (χ1) is 17.0. The summed E-state index contributed by atoms with van der Waals surface area (Å²) in [6.45, 7) is 4.67. The number of rotatable bonds is 5. The number of β-amino-alcohol motifs (C(OH)–C–C–N with tert-alkyl or cyclic N) is 1. The molecule has 0 saturated carbocycles. The molecule has 2 saturated heterocycles. The first-order valence-electron chi connectivity index (χ1n) is 12.3. The van der Waals surface area contributed by atoms with Crippen molar-refractivity contribution in [3.8, 4) is 10.4 Å². The van der Waals surface area contributed by atoms with Gasteiger partial charge >= 0.3 is 0 Å². The molecule has 5 rings (SSSR count). The highest BCUT2D eigenvalue weighted by molar-refractivity contribution is 7.99. The largest absolute Gasteiger partial charge is 0.391 e. The van der Waals surface area contributed by atoms with Gasteiger partial charge in [-0.05, 0) is 37.8 Å².